The molecule has 2 nitrogen and oxygen atoms in total. The van der Waals surface area contributed by atoms with Crippen molar-refractivity contribution >= 4 is 13.2 Å². The fraction of sp³-hybridized carbons (Fsp3) is 0.314. The van der Waals surface area contributed by atoms with Crippen molar-refractivity contribution < 1.29 is 49.0 Å². The van der Waals surface area contributed by atoms with Crippen LogP contribution in [0.25, 0.3) is 33.4 Å². The van der Waals surface area contributed by atoms with E-state index in [-0.39, 0.29) is 39.2 Å². The molecular formula is C35H30F9O2P. The first-order valence-corrected chi connectivity index (χ1v) is 15.9. The van der Waals surface area contributed by atoms with Crippen molar-refractivity contribution in [2.24, 2.45) is 0 Å². The maximum atomic E-state index is 14.0. The summed E-state index contributed by atoms with van der Waals surface area (Å²) >= 11 is 0. The van der Waals surface area contributed by atoms with E-state index >= 15 is 0 Å². The number of alkyl halides is 9. The summed E-state index contributed by atoms with van der Waals surface area (Å²) in [6.45, 7) is 9.22. The molecule has 0 fully saturated rings. The minimum atomic E-state index is -5.13. The summed E-state index contributed by atoms with van der Waals surface area (Å²) in [4.78, 5) is 0. The van der Waals surface area contributed by atoms with Gasteiger partial charge in [0, 0.05) is 16.4 Å². The molecule has 0 radical (unpaired) electrons. The molecule has 0 aromatic heterocycles. The Labute approximate surface area is 267 Å². The SMILES string of the molecule is COc1c(-c2cc(C(F)(F)F)cc(C(F)(F)F)c2)cc(-c2cc(C)cc(C(F)(F)F)c2)c(C)c1-c1cccc2c1[P@@](C(C)(C)C)CO2. The van der Waals surface area contributed by atoms with Crippen LogP contribution in [0.15, 0.2) is 60.7 Å². The van der Waals surface area contributed by atoms with Gasteiger partial charge in [0.05, 0.1) is 23.8 Å². The molecule has 250 valence electrons. The molecule has 1 aliphatic heterocycles. The van der Waals surface area contributed by atoms with Crippen molar-refractivity contribution in [1.29, 1.82) is 0 Å². The van der Waals surface area contributed by atoms with Gasteiger partial charge in [0.25, 0.3) is 0 Å². The highest BCUT2D eigenvalue weighted by molar-refractivity contribution is 7.67. The number of fused-ring (bicyclic) bond motifs is 1. The molecule has 4 aromatic carbocycles. The summed E-state index contributed by atoms with van der Waals surface area (Å²) in [5.41, 5.74) is -2.75. The molecular weight excluding hydrogens is 654 g/mol. The summed E-state index contributed by atoms with van der Waals surface area (Å²) < 4.78 is 138. The predicted molar refractivity (Wildman–Crippen MR) is 166 cm³/mol. The van der Waals surface area contributed by atoms with Gasteiger partial charge < -0.3 is 9.47 Å². The van der Waals surface area contributed by atoms with Crippen molar-refractivity contribution in [1.82, 2.24) is 0 Å². The van der Waals surface area contributed by atoms with Crippen LogP contribution in [0, 0.1) is 13.8 Å². The Morgan fingerprint density at radius 1 is 0.660 bits per heavy atom. The Bertz CT molecular complexity index is 1820. The van der Waals surface area contributed by atoms with Gasteiger partial charge in [-0.2, -0.15) is 39.5 Å². The van der Waals surface area contributed by atoms with E-state index in [9.17, 15) is 39.5 Å². The maximum Gasteiger partial charge on any atom is 0.416 e. The average molecular weight is 685 g/mol. The van der Waals surface area contributed by atoms with Crippen molar-refractivity contribution in [2.45, 2.75) is 58.3 Å². The standard InChI is InChI=1S/C35H30F9O2P/c1-18-10-20(12-22(11-18)33(36,37)38)26-16-27(21-13-23(34(39,40)41)15-24(14-21)35(42,43)44)30(45-6)29(19(26)2)25-8-7-9-28-31(25)47(17-46-28)32(3,4)5/h7-16H,17H2,1-6H3/t47-/m0/s1. The topological polar surface area (TPSA) is 18.5 Å². The van der Waals surface area contributed by atoms with Gasteiger partial charge >= 0.3 is 18.5 Å². The number of rotatable bonds is 4. The third-order valence-corrected chi connectivity index (χ3v) is 11.1. The predicted octanol–water partition coefficient (Wildman–Crippen LogP) is 11.6. The highest BCUT2D eigenvalue weighted by Crippen LogP contribution is 2.58. The van der Waals surface area contributed by atoms with Gasteiger partial charge in [-0.1, -0.05) is 39.0 Å². The first-order valence-electron chi connectivity index (χ1n) is 14.4. The molecule has 1 atom stereocenters. The van der Waals surface area contributed by atoms with Crippen LogP contribution >= 0.6 is 7.92 Å². The number of halogens is 9. The molecule has 0 saturated carbocycles. The minimum Gasteiger partial charge on any atom is -0.495 e. The first-order chi connectivity index (χ1) is 21.6. The lowest BCUT2D eigenvalue weighted by Gasteiger charge is -2.29. The lowest BCUT2D eigenvalue weighted by Crippen LogP contribution is -2.19. The summed E-state index contributed by atoms with van der Waals surface area (Å²) in [6.07, 6.45) is -14.6. The fourth-order valence-electron chi connectivity index (χ4n) is 5.87. The molecule has 0 amide bonds. The number of benzene rings is 4. The van der Waals surface area contributed by atoms with Gasteiger partial charge in [0.1, 0.15) is 17.8 Å². The molecule has 0 bridgehead atoms. The lowest BCUT2D eigenvalue weighted by atomic mass is 9.85. The summed E-state index contributed by atoms with van der Waals surface area (Å²) in [6, 6.07) is 11.1. The highest BCUT2D eigenvalue weighted by atomic mass is 31.1. The van der Waals surface area contributed by atoms with Crippen LogP contribution in [-0.2, 0) is 18.5 Å². The van der Waals surface area contributed by atoms with Gasteiger partial charge in [0.2, 0.25) is 0 Å². The Morgan fingerprint density at radius 3 is 1.70 bits per heavy atom. The molecule has 0 saturated heterocycles. The summed E-state index contributed by atoms with van der Waals surface area (Å²) in [7, 11) is 0.255. The summed E-state index contributed by atoms with van der Waals surface area (Å²) in [5, 5.41) is 0.554. The largest absolute Gasteiger partial charge is 0.495 e. The van der Waals surface area contributed by atoms with Gasteiger partial charge in [-0.15, -0.1) is 0 Å². The molecule has 0 spiro atoms. The molecule has 0 N–H and O–H groups in total. The molecule has 1 heterocycles. The van der Waals surface area contributed by atoms with Crippen LogP contribution in [0.5, 0.6) is 11.5 Å². The van der Waals surface area contributed by atoms with Crippen molar-refractivity contribution in [3.05, 3.63) is 88.5 Å². The monoisotopic (exact) mass is 684 g/mol. The van der Waals surface area contributed by atoms with E-state index in [0.717, 1.165) is 17.4 Å². The zero-order valence-electron chi connectivity index (χ0n) is 26.1. The molecule has 0 unspecified atom stereocenters. The van der Waals surface area contributed by atoms with Crippen LogP contribution in [-0.4, -0.2) is 18.6 Å². The highest BCUT2D eigenvalue weighted by Gasteiger charge is 2.39. The van der Waals surface area contributed by atoms with Crippen LogP contribution in [0.1, 0.15) is 48.6 Å². The van der Waals surface area contributed by atoms with Gasteiger partial charge in [-0.3, -0.25) is 0 Å². The molecule has 47 heavy (non-hydrogen) atoms. The quantitative estimate of drug-likeness (QED) is 0.157. The summed E-state index contributed by atoms with van der Waals surface area (Å²) in [5.74, 6) is 0.553. The van der Waals surface area contributed by atoms with E-state index in [0.29, 0.717) is 40.9 Å². The smallest absolute Gasteiger partial charge is 0.416 e. The first kappa shape index (κ1) is 34.6. The van der Waals surface area contributed by atoms with Gasteiger partial charge in [0.15, 0.2) is 0 Å². The molecule has 4 aromatic rings. The maximum absolute atomic E-state index is 14.0. The van der Waals surface area contributed by atoms with E-state index in [1.165, 1.54) is 26.2 Å². The van der Waals surface area contributed by atoms with E-state index in [1.54, 1.807) is 25.1 Å². The second kappa shape index (κ2) is 11.8. The van der Waals surface area contributed by atoms with Crippen molar-refractivity contribution in [3.63, 3.8) is 0 Å². The van der Waals surface area contributed by atoms with Crippen LogP contribution in [0.3, 0.4) is 0 Å². The Balaban J connectivity index is 1.95. The zero-order chi connectivity index (χ0) is 34.9. The van der Waals surface area contributed by atoms with Crippen molar-refractivity contribution in [3.8, 4) is 44.9 Å². The number of hydrogen-bond acceptors (Lipinski definition) is 2. The van der Waals surface area contributed by atoms with E-state index in [4.69, 9.17) is 9.47 Å². The number of hydrogen-bond donors (Lipinski definition) is 0. The Kier molecular flexibility index (Phi) is 8.66. The van der Waals surface area contributed by atoms with E-state index in [2.05, 4.69) is 0 Å². The van der Waals surface area contributed by atoms with Crippen LogP contribution < -0.4 is 14.8 Å². The number of methoxy groups -OCH3 is 1. The molecule has 12 heteroatoms. The lowest BCUT2D eigenvalue weighted by molar-refractivity contribution is -0.143. The molecule has 5 rings (SSSR count). The van der Waals surface area contributed by atoms with Gasteiger partial charge in [-0.05, 0) is 103 Å². The second-order valence-corrected chi connectivity index (χ2v) is 15.3. The third-order valence-electron chi connectivity index (χ3n) is 8.06. The van der Waals surface area contributed by atoms with Crippen LogP contribution in [0.4, 0.5) is 39.5 Å². The zero-order valence-corrected chi connectivity index (χ0v) is 27.0. The molecule has 0 aliphatic carbocycles. The minimum absolute atomic E-state index is 0.0217. The van der Waals surface area contributed by atoms with E-state index < -0.39 is 48.7 Å². The average Bonchev–Trinajstić information content (AvgIpc) is 3.40. The normalized spacial score (nSPS) is 15.4. The van der Waals surface area contributed by atoms with Crippen LogP contribution in [0.2, 0.25) is 0 Å². The number of aryl methyl sites for hydroxylation is 1. The van der Waals surface area contributed by atoms with Gasteiger partial charge in [-0.25, -0.2) is 0 Å². The Morgan fingerprint density at radius 2 is 1.19 bits per heavy atom. The van der Waals surface area contributed by atoms with Crippen molar-refractivity contribution in [2.75, 3.05) is 13.5 Å². The number of ether oxygens (including phenoxy) is 2. The molecule has 1 aliphatic rings. The third kappa shape index (κ3) is 6.69. The second-order valence-electron chi connectivity index (χ2n) is 12.4. The fourth-order valence-corrected chi connectivity index (χ4v) is 8.21. The van der Waals surface area contributed by atoms with E-state index in [1.807, 2.05) is 20.8 Å². The Hall–Kier alpha value is -3.72.